The Kier molecular flexibility index (Phi) is 4.17. The van der Waals surface area contributed by atoms with Gasteiger partial charge in [-0.05, 0) is 33.4 Å². The molecule has 1 aromatic rings. The van der Waals surface area contributed by atoms with Crippen molar-refractivity contribution in [1.82, 2.24) is 14.9 Å². The van der Waals surface area contributed by atoms with E-state index in [1.165, 1.54) is 12.0 Å². The fraction of sp³-hybridized carbons (Fsp3) is 0.714. The van der Waals surface area contributed by atoms with Crippen LogP contribution in [-0.2, 0) is 0 Å². The maximum Gasteiger partial charge on any atom is 0.135 e. The summed E-state index contributed by atoms with van der Waals surface area (Å²) in [6.45, 7) is 13.1. The Bertz CT molecular complexity index is 401. The van der Waals surface area contributed by atoms with E-state index in [1.807, 2.05) is 0 Å². The summed E-state index contributed by atoms with van der Waals surface area (Å²) in [6, 6.07) is 0.676. The molecule has 100 valence electrons. The predicted octanol–water partition coefficient (Wildman–Crippen LogP) is 2.01. The SMILES string of the molecule is CCN(CC)[C@@H]1CCN(c2ncnc(C)c2C)C1. The van der Waals surface area contributed by atoms with Crippen molar-refractivity contribution in [2.24, 2.45) is 0 Å². The lowest BCUT2D eigenvalue weighted by Gasteiger charge is -2.26. The van der Waals surface area contributed by atoms with Gasteiger partial charge in [0.2, 0.25) is 0 Å². The summed E-state index contributed by atoms with van der Waals surface area (Å²) in [5.74, 6) is 1.12. The molecule has 0 bridgehead atoms. The molecule has 1 saturated heterocycles. The summed E-state index contributed by atoms with van der Waals surface area (Å²) in [5.41, 5.74) is 2.31. The van der Waals surface area contributed by atoms with Crippen LogP contribution in [0.1, 0.15) is 31.5 Å². The average Bonchev–Trinajstić information content (AvgIpc) is 2.84. The summed E-state index contributed by atoms with van der Waals surface area (Å²) in [7, 11) is 0. The van der Waals surface area contributed by atoms with Crippen LogP contribution in [0.25, 0.3) is 0 Å². The van der Waals surface area contributed by atoms with Crippen LogP contribution in [-0.4, -0.2) is 47.1 Å². The normalized spacial score (nSPS) is 19.8. The predicted molar refractivity (Wildman–Crippen MR) is 75.0 cm³/mol. The fourth-order valence-electron chi connectivity index (χ4n) is 2.82. The molecule has 1 fully saturated rings. The number of nitrogens with zero attached hydrogens (tertiary/aromatic N) is 4. The van der Waals surface area contributed by atoms with Crippen LogP contribution in [0, 0.1) is 13.8 Å². The van der Waals surface area contributed by atoms with Gasteiger partial charge in [-0.1, -0.05) is 13.8 Å². The number of rotatable bonds is 4. The minimum absolute atomic E-state index is 0.676. The number of aryl methyl sites for hydroxylation is 1. The van der Waals surface area contributed by atoms with E-state index in [-0.39, 0.29) is 0 Å². The van der Waals surface area contributed by atoms with Crippen molar-refractivity contribution in [1.29, 1.82) is 0 Å². The van der Waals surface area contributed by atoms with Crippen LogP contribution in [0.5, 0.6) is 0 Å². The highest BCUT2D eigenvalue weighted by atomic mass is 15.3. The monoisotopic (exact) mass is 248 g/mol. The summed E-state index contributed by atoms with van der Waals surface area (Å²) >= 11 is 0. The van der Waals surface area contributed by atoms with E-state index in [0.29, 0.717) is 6.04 Å². The molecule has 2 rings (SSSR count). The molecule has 18 heavy (non-hydrogen) atoms. The highest BCUT2D eigenvalue weighted by molar-refractivity contribution is 5.48. The maximum absolute atomic E-state index is 4.46. The van der Waals surface area contributed by atoms with Gasteiger partial charge in [0.25, 0.3) is 0 Å². The van der Waals surface area contributed by atoms with Crippen molar-refractivity contribution >= 4 is 5.82 Å². The Hall–Kier alpha value is -1.16. The Labute approximate surface area is 110 Å². The molecule has 1 aromatic heterocycles. The highest BCUT2D eigenvalue weighted by Crippen LogP contribution is 2.24. The first-order chi connectivity index (χ1) is 8.67. The van der Waals surface area contributed by atoms with Crippen molar-refractivity contribution in [2.75, 3.05) is 31.1 Å². The van der Waals surface area contributed by atoms with Gasteiger partial charge in [0.1, 0.15) is 12.1 Å². The maximum atomic E-state index is 4.46. The lowest BCUT2D eigenvalue weighted by atomic mass is 10.2. The van der Waals surface area contributed by atoms with Crippen LogP contribution < -0.4 is 4.90 Å². The summed E-state index contributed by atoms with van der Waals surface area (Å²) < 4.78 is 0. The summed E-state index contributed by atoms with van der Waals surface area (Å²) in [6.07, 6.45) is 2.92. The molecule has 0 aromatic carbocycles. The third-order valence-corrected chi connectivity index (χ3v) is 4.10. The van der Waals surface area contributed by atoms with E-state index in [0.717, 1.165) is 37.7 Å². The second-order valence-electron chi connectivity index (χ2n) is 5.02. The molecular weight excluding hydrogens is 224 g/mol. The van der Waals surface area contributed by atoms with Crippen molar-refractivity contribution in [3.05, 3.63) is 17.6 Å². The average molecular weight is 248 g/mol. The van der Waals surface area contributed by atoms with E-state index >= 15 is 0 Å². The standard InChI is InChI=1S/C14H24N4/c1-5-17(6-2)13-7-8-18(9-13)14-11(3)12(4)15-10-16-14/h10,13H,5-9H2,1-4H3/t13-/m1/s1. The molecule has 0 aliphatic carbocycles. The zero-order valence-corrected chi connectivity index (χ0v) is 12.0. The zero-order chi connectivity index (χ0) is 13.1. The molecule has 0 N–H and O–H groups in total. The van der Waals surface area contributed by atoms with E-state index in [9.17, 15) is 0 Å². The molecule has 0 saturated carbocycles. The number of anilines is 1. The Morgan fingerprint density at radius 2 is 2.00 bits per heavy atom. The number of hydrogen-bond donors (Lipinski definition) is 0. The molecule has 0 unspecified atom stereocenters. The summed E-state index contributed by atoms with van der Waals surface area (Å²) in [4.78, 5) is 13.7. The highest BCUT2D eigenvalue weighted by Gasteiger charge is 2.27. The lowest BCUT2D eigenvalue weighted by molar-refractivity contribution is 0.232. The van der Waals surface area contributed by atoms with Crippen molar-refractivity contribution in [3.8, 4) is 0 Å². The minimum atomic E-state index is 0.676. The summed E-state index contributed by atoms with van der Waals surface area (Å²) in [5, 5.41) is 0. The van der Waals surface area contributed by atoms with Gasteiger partial charge < -0.3 is 4.90 Å². The molecule has 0 amide bonds. The topological polar surface area (TPSA) is 32.3 Å². The van der Waals surface area contributed by atoms with Crippen LogP contribution in [0.3, 0.4) is 0 Å². The van der Waals surface area contributed by atoms with Gasteiger partial charge in [0.15, 0.2) is 0 Å². The Morgan fingerprint density at radius 3 is 2.67 bits per heavy atom. The number of aromatic nitrogens is 2. The molecule has 0 radical (unpaired) electrons. The molecule has 0 spiro atoms. The molecular formula is C14H24N4. The third kappa shape index (κ3) is 2.48. The quantitative estimate of drug-likeness (QED) is 0.816. The van der Waals surface area contributed by atoms with E-state index in [4.69, 9.17) is 0 Å². The molecule has 4 heteroatoms. The van der Waals surface area contributed by atoms with Crippen LogP contribution in [0.15, 0.2) is 6.33 Å². The lowest BCUT2D eigenvalue weighted by Crippen LogP contribution is -2.37. The molecule has 2 heterocycles. The van der Waals surface area contributed by atoms with Crippen molar-refractivity contribution < 1.29 is 0 Å². The van der Waals surface area contributed by atoms with Gasteiger partial charge in [0, 0.05) is 30.4 Å². The van der Waals surface area contributed by atoms with E-state index in [1.54, 1.807) is 6.33 Å². The fourth-order valence-corrected chi connectivity index (χ4v) is 2.82. The molecule has 1 atom stereocenters. The molecule has 1 aliphatic rings. The molecule has 1 aliphatic heterocycles. The van der Waals surface area contributed by atoms with Gasteiger partial charge in [0.05, 0.1) is 0 Å². The van der Waals surface area contributed by atoms with Gasteiger partial charge in [-0.15, -0.1) is 0 Å². The van der Waals surface area contributed by atoms with Crippen LogP contribution in [0.4, 0.5) is 5.82 Å². The first-order valence-corrected chi connectivity index (χ1v) is 6.94. The Morgan fingerprint density at radius 1 is 1.28 bits per heavy atom. The second kappa shape index (κ2) is 5.65. The Balaban J connectivity index is 2.11. The van der Waals surface area contributed by atoms with Gasteiger partial charge in [-0.25, -0.2) is 9.97 Å². The van der Waals surface area contributed by atoms with Gasteiger partial charge in [-0.3, -0.25) is 4.90 Å². The van der Waals surface area contributed by atoms with Crippen molar-refractivity contribution in [2.45, 2.75) is 40.2 Å². The first-order valence-electron chi connectivity index (χ1n) is 6.94. The smallest absolute Gasteiger partial charge is 0.135 e. The van der Waals surface area contributed by atoms with E-state index < -0.39 is 0 Å². The zero-order valence-electron chi connectivity index (χ0n) is 12.0. The van der Waals surface area contributed by atoms with Crippen LogP contribution in [0.2, 0.25) is 0 Å². The van der Waals surface area contributed by atoms with Gasteiger partial charge >= 0.3 is 0 Å². The number of hydrogen-bond acceptors (Lipinski definition) is 4. The largest absolute Gasteiger partial charge is 0.355 e. The molecule has 4 nitrogen and oxygen atoms in total. The van der Waals surface area contributed by atoms with Crippen LogP contribution >= 0.6 is 0 Å². The second-order valence-corrected chi connectivity index (χ2v) is 5.02. The number of likely N-dealkylation sites (N-methyl/N-ethyl adjacent to an activating group) is 1. The third-order valence-electron chi connectivity index (χ3n) is 4.10. The minimum Gasteiger partial charge on any atom is -0.355 e. The van der Waals surface area contributed by atoms with E-state index in [2.05, 4.69) is 47.5 Å². The van der Waals surface area contributed by atoms with Crippen molar-refractivity contribution in [3.63, 3.8) is 0 Å². The van der Waals surface area contributed by atoms with Gasteiger partial charge in [-0.2, -0.15) is 0 Å². The first kappa shape index (κ1) is 13.3.